The van der Waals surface area contributed by atoms with E-state index in [1.165, 1.54) is 47.1 Å². The molecule has 13 nitrogen and oxygen atoms in total. The number of ether oxygens (including phenoxy) is 3. The summed E-state index contributed by atoms with van der Waals surface area (Å²) in [6, 6.07) is 9.46. The van der Waals surface area contributed by atoms with Crippen LogP contribution in [0.4, 0.5) is 26.7 Å². The second-order valence-electron chi connectivity index (χ2n) is 14.2. The lowest BCUT2D eigenvalue weighted by atomic mass is 10.0. The normalized spacial score (nSPS) is 14.9. The number of amides is 2. The van der Waals surface area contributed by atoms with Gasteiger partial charge in [0.15, 0.2) is 11.6 Å². The van der Waals surface area contributed by atoms with Gasteiger partial charge in [-0.15, -0.1) is 23.1 Å². The van der Waals surface area contributed by atoms with E-state index < -0.39 is 41.3 Å². The Kier molecular flexibility index (Phi) is 18.8. The van der Waals surface area contributed by atoms with E-state index in [1.54, 1.807) is 40.8 Å². The van der Waals surface area contributed by atoms with Crippen molar-refractivity contribution in [2.75, 3.05) is 45.6 Å². The number of carboxylic acids is 1. The maximum Gasteiger partial charge on any atom is 0.490 e. The number of aliphatic carboxylic acids is 1. The first kappa shape index (κ1) is 48.8. The van der Waals surface area contributed by atoms with Crippen LogP contribution in [0.15, 0.2) is 46.7 Å². The Balaban J connectivity index is 0.000000330. The minimum atomic E-state index is -4.85. The van der Waals surface area contributed by atoms with Crippen LogP contribution in [-0.2, 0) is 25.7 Å². The van der Waals surface area contributed by atoms with Gasteiger partial charge >= 0.3 is 24.2 Å². The van der Waals surface area contributed by atoms with Crippen LogP contribution >= 0.6 is 23.1 Å². The molecular weight excluding hydrogens is 826 g/mol. The number of likely N-dealkylation sites (tertiary alicyclic amines) is 1. The molecule has 5 rings (SSSR count). The Bertz CT molecular complexity index is 1850. The number of carbonyl (C=O) groups is 4. The SMILES string of the molecule is CC(C)(C)OC(=O)N1CCC(N)CC1.CCOC(=O)C(F)(F)F.CSc1cc(F)c(F)cc1-c1ccc(OCc2nc(C(=O)N(CC(=O)O)C3CCNCC3)cs2)cc1. The third kappa shape index (κ3) is 16.2. The van der Waals surface area contributed by atoms with Crippen molar-refractivity contribution in [1.29, 1.82) is 0 Å². The predicted octanol–water partition coefficient (Wildman–Crippen LogP) is 7.12. The van der Waals surface area contributed by atoms with Crippen LogP contribution in [0.2, 0.25) is 0 Å². The van der Waals surface area contributed by atoms with Crippen LogP contribution in [0.5, 0.6) is 5.75 Å². The van der Waals surface area contributed by atoms with Gasteiger partial charge in [0.25, 0.3) is 5.91 Å². The fourth-order valence-electron chi connectivity index (χ4n) is 5.67. The van der Waals surface area contributed by atoms with E-state index in [0.29, 0.717) is 34.1 Å². The predicted molar refractivity (Wildman–Crippen MR) is 212 cm³/mol. The van der Waals surface area contributed by atoms with Crippen LogP contribution in [0, 0.1) is 11.6 Å². The molecule has 0 saturated carbocycles. The summed E-state index contributed by atoms with van der Waals surface area (Å²) in [5.74, 6) is -4.82. The highest BCUT2D eigenvalue weighted by Crippen LogP contribution is 2.33. The van der Waals surface area contributed by atoms with E-state index in [-0.39, 0.29) is 43.6 Å². The van der Waals surface area contributed by atoms with E-state index in [9.17, 15) is 46.2 Å². The van der Waals surface area contributed by atoms with Crippen molar-refractivity contribution in [1.82, 2.24) is 20.1 Å². The Morgan fingerprint density at radius 3 is 2.15 bits per heavy atom. The largest absolute Gasteiger partial charge is 0.490 e. The van der Waals surface area contributed by atoms with E-state index in [2.05, 4.69) is 15.0 Å². The van der Waals surface area contributed by atoms with Crippen LogP contribution < -0.4 is 15.8 Å². The molecule has 0 radical (unpaired) electrons. The molecule has 59 heavy (non-hydrogen) atoms. The zero-order valence-corrected chi connectivity index (χ0v) is 35.0. The first-order valence-electron chi connectivity index (χ1n) is 18.6. The van der Waals surface area contributed by atoms with E-state index in [1.807, 2.05) is 20.8 Å². The van der Waals surface area contributed by atoms with Crippen molar-refractivity contribution >= 4 is 47.0 Å². The number of nitrogens with zero attached hydrogens (tertiary/aromatic N) is 3. The zero-order chi connectivity index (χ0) is 43.9. The summed E-state index contributed by atoms with van der Waals surface area (Å²) in [6.07, 6.45) is -0.136. The molecule has 0 atom stereocenters. The molecule has 3 heterocycles. The van der Waals surface area contributed by atoms with Crippen molar-refractivity contribution in [2.45, 2.75) is 88.7 Å². The van der Waals surface area contributed by atoms with Gasteiger partial charge in [-0.2, -0.15) is 13.2 Å². The molecule has 2 aliphatic heterocycles. The Morgan fingerprint density at radius 2 is 1.63 bits per heavy atom. The molecule has 3 aromatic rings. The number of carbonyl (C=O) groups excluding carboxylic acids is 3. The molecule has 2 saturated heterocycles. The molecule has 2 aliphatic rings. The van der Waals surface area contributed by atoms with Gasteiger partial charge in [0.1, 0.15) is 35.2 Å². The number of alkyl halides is 3. The van der Waals surface area contributed by atoms with Gasteiger partial charge in [0, 0.05) is 35.4 Å². The summed E-state index contributed by atoms with van der Waals surface area (Å²) >= 11 is 2.60. The quantitative estimate of drug-likeness (QED) is 0.107. The van der Waals surface area contributed by atoms with Gasteiger partial charge in [-0.25, -0.2) is 23.4 Å². The standard InChI is InChI=1S/C25H25F2N3O4S2.C10H20N2O2.C4H5F3O2/c1-35-22-11-20(27)19(26)10-18(22)15-2-4-17(5-3-15)34-13-23-29-21(14-36-23)25(33)30(12-24(31)32)16-6-8-28-9-7-16;1-10(2,3)14-9(13)12-6-4-8(11)5-7-12;1-2-9-3(8)4(5,6)7/h2-5,10-11,14,16,28H,6-9,12-13H2,1H3,(H,31,32);8H,4-7,11H2,1-3H3;2H2,1H3. The number of benzene rings is 2. The fourth-order valence-corrected chi connectivity index (χ4v) is 6.97. The Labute approximate surface area is 347 Å². The molecule has 2 amide bonds. The topological polar surface area (TPSA) is 174 Å². The highest BCUT2D eigenvalue weighted by atomic mass is 32.2. The number of esters is 1. The molecule has 0 aliphatic carbocycles. The highest BCUT2D eigenvalue weighted by molar-refractivity contribution is 7.98. The molecule has 326 valence electrons. The molecule has 0 spiro atoms. The van der Waals surface area contributed by atoms with Crippen LogP contribution in [0.25, 0.3) is 11.1 Å². The summed E-state index contributed by atoms with van der Waals surface area (Å²) in [5.41, 5.74) is 6.86. The summed E-state index contributed by atoms with van der Waals surface area (Å²) in [4.78, 5) is 53.8. The monoisotopic (exact) mass is 875 g/mol. The molecule has 1 aromatic heterocycles. The third-order valence-corrected chi connectivity index (χ3v) is 10.2. The second-order valence-corrected chi connectivity index (χ2v) is 16.0. The van der Waals surface area contributed by atoms with Gasteiger partial charge in [-0.05, 0) is 108 Å². The number of hydrogen-bond donors (Lipinski definition) is 3. The van der Waals surface area contributed by atoms with Crippen LogP contribution in [0.1, 0.15) is 68.9 Å². The molecule has 0 unspecified atom stereocenters. The molecule has 2 fully saturated rings. The number of nitrogens with two attached hydrogens (primary N) is 1. The summed E-state index contributed by atoms with van der Waals surface area (Å²) in [5, 5.41) is 14.7. The number of aromatic nitrogens is 1. The molecular formula is C39H50F5N5O8S2. The van der Waals surface area contributed by atoms with Crippen molar-refractivity contribution in [2.24, 2.45) is 5.73 Å². The Morgan fingerprint density at radius 1 is 1.02 bits per heavy atom. The zero-order valence-electron chi connectivity index (χ0n) is 33.4. The number of piperidine rings is 2. The number of rotatable bonds is 10. The maximum absolute atomic E-state index is 13.8. The second kappa shape index (κ2) is 22.7. The maximum atomic E-state index is 13.8. The lowest BCUT2D eigenvalue weighted by molar-refractivity contribution is -0.199. The van der Waals surface area contributed by atoms with Gasteiger partial charge in [-0.3, -0.25) is 9.59 Å². The minimum absolute atomic E-state index is 0.130. The summed E-state index contributed by atoms with van der Waals surface area (Å²) in [7, 11) is 0. The van der Waals surface area contributed by atoms with Crippen LogP contribution in [0.3, 0.4) is 0 Å². The van der Waals surface area contributed by atoms with Crippen molar-refractivity contribution in [3.63, 3.8) is 0 Å². The van der Waals surface area contributed by atoms with E-state index >= 15 is 0 Å². The molecule has 20 heteroatoms. The van der Waals surface area contributed by atoms with Gasteiger partial charge in [0.2, 0.25) is 0 Å². The first-order chi connectivity index (χ1) is 27.7. The van der Waals surface area contributed by atoms with Crippen LogP contribution in [-0.4, -0.2) is 113 Å². The first-order valence-corrected chi connectivity index (χ1v) is 20.7. The average Bonchev–Trinajstić information content (AvgIpc) is 3.66. The molecule has 2 aromatic carbocycles. The number of hydrogen-bond acceptors (Lipinski definition) is 12. The van der Waals surface area contributed by atoms with Gasteiger partial charge in [0.05, 0.1) is 6.61 Å². The smallest absolute Gasteiger partial charge is 0.486 e. The van der Waals surface area contributed by atoms with Gasteiger partial charge < -0.3 is 40.2 Å². The molecule has 4 N–H and O–H groups in total. The average molecular weight is 876 g/mol. The fraction of sp³-hybridized carbons (Fsp3) is 0.513. The number of carboxylic acid groups (broad SMARTS) is 1. The lowest BCUT2D eigenvalue weighted by Crippen LogP contribution is -2.48. The van der Waals surface area contributed by atoms with Crippen molar-refractivity contribution < 1.29 is 60.4 Å². The van der Waals surface area contributed by atoms with Gasteiger partial charge in [-0.1, -0.05) is 12.1 Å². The number of thiazole rings is 1. The third-order valence-electron chi connectivity index (χ3n) is 8.56. The van der Waals surface area contributed by atoms with Crippen molar-refractivity contribution in [3.05, 3.63) is 64.1 Å². The van der Waals surface area contributed by atoms with E-state index in [4.69, 9.17) is 15.2 Å². The van der Waals surface area contributed by atoms with E-state index in [0.717, 1.165) is 44.6 Å². The lowest BCUT2D eigenvalue weighted by Gasteiger charge is -2.33. The van der Waals surface area contributed by atoms with Crippen molar-refractivity contribution in [3.8, 4) is 16.9 Å². The number of thioether (sulfide) groups is 1. The minimum Gasteiger partial charge on any atom is -0.486 e. The summed E-state index contributed by atoms with van der Waals surface area (Å²) in [6.45, 7) is 9.35. The molecule has 0 bridgehead atoms. The number of halogens is 5. The summed E-state index contributed by atoms with van der Waals surface area (Å²) < 4.78 is 75.5. The Hall–Kier alpha value is -4.53. The number of nitrogens with one attached hydrogen (secondary N) is 1. The highest BCUT2D eigenvalue weighted by Gasteiger charge is 2.40.